The Hall–Kier alpha value is -3.71. The molecule has 0 atom stereocenters. The summed E-state index contributed by atoms with van der Waals surface area (Å²) < 4.78 is 6.74. The zero-order valence-electron chi connectivity index (χ0n) is 17.0. The van der Waals surface area contributed by atoms with Crippen LogP contribution in [-0.2, 0) is 6.54 Å². The van der Waals surface area contributed by atoms with Crippen molar-refractivity contribution >= 4 is 17.5 Å². The summed E-state index contributed by atoms with van der Waals surface area (Å²) in [5, 5.41) is 7.65. The van der Waals surface area contributed by atoms with E-state index >= 15 is 0 Å². The molecule has 8 heteroatoms. The number of amides is 1. The Morgan fingerprint density at radius 2 is 2.00 bits per heavy atom. The number of hydrogen-bond acceptors (Lipinski definition) is 5. The molecule has 0 radical (unpaired) electrons. The predicted octanol–water partition coefficient (Wildman–Crippen LogP) is 4.23. The van der Waals surface area contributed by atoms with E-state index in [1.54, 1.807) is 67.0 Å². The Labute approximate surface area is 184 Å². The van der Waals surface area contributed by atoms with Crippen molar-refractivity contribution in [1.82, 2.24) is 25.1 Å². The number of nitrogens with one attached hydrogen (secondary N) is 1. The first kappa shape index (κ1) is 20.6. The van der Waals surface area contributed by atoms with Crippen molar-refractivity contribution in [3.8, 4) is 22.7 Å². The minimum Gasteiger partial charge on any atom is -0.495 e. The van der Waals surface area contributed by atoms with Crippen molar-refractivity contribution < 1.29 is 9.53 Å². The van der Waals surface area contributed by atoms with Gasteiger partial charge in [-0.3, -0.25) is 9.78 Å². The Morgan fingerprint density at radius 3 is 2.71 bits per heavy atom. The van der Waals surface area contributed by atoms with Gasteiger partial charge in [-0.2, -0.15) is 5.10 Å². The molecule has 0 saturated heterocycles. The maximum Gasteiger partial charge on any atom is 0.255 e. The Balaban J connectivity index is 1.65. The van der Waals surface area contributed by atoms with Gasteiger partial charge in [-0.1, -0.05) is 17.7 Å². The van der Waals surface area contributed by atoms with Crippen molar-refractivity contribution in [2.24, 2.45) is 0 Å². The molecule has 4 rings (SSSR count). The van der Waals surface area contributed by atoms with Gasteiger partial charge in [0.15, 0.2) is 5.82 Å². The third kappa shape index (κ3) is 4.57. The lowest BCUT2D eigenvalue weighted by Crippen LogP contribution is -2.25. The summed E-state index contributed by atoms with van der Waals surface area (Å²) in [6, 6.07) is 11.0. The molecule has 156 valence electrons. The molecule has 4 aromatic rings. The highest BCUT2D eigenvalue weighted by atomic mass is 35.5. The number of carbonyl (C=O) groups is 1. The number of benzene rings is 1. The van der Waals surface area contributed by atoms with E-state index in [1.165, 1.54) is 0 Å². The van der Waals surface area contributed by atoms with Gasteiger partial charge in [0.25, 0.3) is 5.91 Å². The van der Waals surface area contributed by atoms with Crippen LogP contribution in [0, 0.1) is 6.92 Å². The van der Waals surface area contributed by atoms with Gasteiger partial charge in [0, 0.05) is 48.7 Å². The van der Waals surface area contributed by atoms with E-state index in [0.29, 0.717) is 28.7 Å². The van der Waals surface area contributed by atoms with Crippen molar-refractivity contribution in [3.05, 3.63) is 89.1 Å². The number of halogens is 1. The normalized spacial score (nSPS) is 10.7. The molecule has 0 saturated carbocycles. The molecule has 0 aliphatic carbocycles. The van der Waals surface area contributed by atoms with Crippen LogP contribution in [0.15, 0.2) is 67.4 Å². The smallest absolute Gasteiger partial charge is 0.255 e. The molecule has 1 aromatic carbocycles. The monoisotopic (exact) mass is 433 g/mol. The number of rotatable bonds is 6. The molecule has 1 amide bonds. The highest BCUT2D eigenvalue weighted by Gasteiger charge is 2.17. The van der Waals surface area contributed by atoms with E-state index in [-0.39, 0.29) is 5.91 Å². The maximum atomic E-state index is 13.1. The van der Waals surface area contributed by atoms with Crippen molar-refractivity contribution in [3.63, 3.8) is 0 Å². The van der Waals surface area contributed by atoms with Crippen LogP contribution in [0.25, 0.3) is 16.9 Å². The lowest BCUT2D eigenvalue weighted by molar-refractivity contribution is 0.0950. The largest absolute Gasteiger partial charge is 0.495 e. The van der Waals surface area contributed by atoms with Crippen LogP contribution in [-0.4, -0.2) is 32.8 Å². The second kappa shape index (κ2) is 8.97. The zero-order valence-corrected chi connectivity index (χ0v) is 17.8. The summed E-state index contributed by atoms with van der Waals surface area (Å²) in [4.78, 5) is 21.9. The zero-order chi connectivity index (χ0) is 21.8. The minimum atomic E-state index is -0.271. The van der Waals surface area contributed by atoms with Gasteiger partial charge in [0.1, 0.15) is 5.75 Å². The number of hydrogen-bond donors (Lipinski definition) is 1. The number of pyridine rings is 2. The van der Waals surface area contributed by atoms with Gasteiger partial charge in [0.2, 0.25) is 0 Å². The van der Waals surface area contributed by atoms with Crippen LogP contribution in [0.2, 0.25) is 5.02 Å². The Morgan fingerprint density at radius 1 is 1.16 bits per heavy atom. The third-order valence-electron chi connectivity index (χ3n) is 4.71. The van der Waals surface area contributed by atoms with Crippen molar-refractivity contribution in [2.75, 3.05) is 7.11 Å². The average Bonchev–Trinajstić information content (AvgIpc) is 3.32. The summed E-state index contributed by atoms with van der Waals surface area (Å²) in [5.74, 6) is 0.758. The van der Waals surface area contributed by atoms with Crippen LogP contribution in [0.1, 0.15) is 21.5 Å². The van der Waals surface area contributed by atoms with E-state index in [0.717, 1.165) is 22.3 Å². The first-order valence-corrected chi connectivity index (χ1v) is 9.95. The van der Waals surface area contributed by atoms with Gasteiger partial charge in [0.05, 0.1) is 17.7 Å². The highest BCUT2D eigenvalue weighted by molar-refractivity contribution is 6.32. The lowest BCUT2D eigenvalue weighted by Gasteiger charge is -2.12. The van der Waals surface area contributed by atoms with E-state index in [9.17, 15) is 4.79 Å². The van der Waals surface area contributed by atoms with Crippen LogP contribution in [0.4, 0.5) is 0 Å². The van der Waals surface area contributed by atoms with Crippen LogP contribution < -0.4 is 10.1 Å². The fourth-order valence-electron chi connectivity index (χ4n) is 3.17. The molecule has 7 nitrogen and oxygen atoms in total. The molecule has 0 unspecified atom stereocenters. The summed E-state index contributed by atoms with van der Waals surface area (Å²) >= 11 is 6.19. The van der Waals surface area contributed by atoms with Crippen LogP contribution in [0.3, 0.4) is 0 Å². The molecule has 3 heterocycles. The molecule has 0 aliphatic rings. The standard InChI is InChI=1S/C23H20ClN5O2/c1-15-8-17(13-25-11-15)18-10-19(22(26-14-18)29-7-3-6-28-29)23(30)27-12-16-4-5-21(31-2)20(24)9-16/h3-11,13-14H,12H2,1-2H3,(H,27,30). The molecule has 1 N–H and O–H groups in total. The second-order valence-electron chi connectivity index (χ2n) is 6.95. The molecular formula is C23H20ClN5O2. The van der Waals surface area contributed by atoms with Crippen LogP contribution in [0.5, 0.6) is 5.75 Å². The van der Waals surface area contributed by atoms with E-state index < -0.39 is 0 Å². The van der Waals surface area contributed by atoms with Crippen molar-refractivity contribution in [1.29, 1.82) is 0 Å². The van der Waals surface area contributed by atoms with Crippen molar-refractivity contribution in [2.45, 2.75) is 13.5 Å². The van der Waals surface area contributed by atoms with Gasteiger partial charge in [-0.05, 0) is 48.4 Å². The minimum absolute atomic E-state index is 0.271. The Kier molecular flexibility index (Phi) is 5.95. The van der Waals surface area contributed by atoms with E-state index in [2.05, 4.69) is 20.4 Å². The molecular weight excluding hydrogens is 414 g/mol. The quantitative estimate of drug-likeness (QED) is 0.492. The second-order valence-corrected chi connectivity index (χ2v) is 7.36. The number of carbonyl (C=O) groups excluding carboxylic acids is 1. The topological polar surface area (TPSA) is 81.9 Å². The number of ether oxygens (including phenoxy) is 1. The maximum absolute atomic E-state index is 13.1. The fraction of sp³-hybridized carbons (Fsp3) is 0.130. The van der Waals surface area contributed by atoms with E-state index in [1.807, 2.05) is 19.1 Å². The predicted molar refractivity (Wildman–Crippen MR) is 119 cm³/mol. The summed E-state index contributed by atoms with van der Waals surface area (Å²) in [6.07, 6.45) is 8.63. The molecule has 31 heavy (non-hydrogen) atoms. The number of nitrogens with zero attached hydrogens (tertiary/aromatic N) is 4. The average molecular weight is 434 g/mol. The summed E-state index contributed by atoms with van der Waals surface area (Å²) in [7, 11) is 1.56. The number of aromatic nitrogens is 4. The number of methoxy groups -OCH3 is 1. The molecule has 3 aromatic heterocycles. The molecule has 0 spiro atoms. The highest BCUT2D eigenvalue weighted by Crippen LogP contribution is 2.25. The van der Waals surface area contributed by atoms with Gasteiger partial charge < -0.3 is 10.1 Å². The molecule has 0 fully saturated rings. The first-order valence-electron chi connectivity index (χ1n) is 9.58. The third-order valence-corrected chi connectivity index (χ3v) is 5.01. The number of aryl methyl sites for hydroxylation is 1. The van der Waals surface area contributed by atoms with Crippen LogP contribution >= 0.6 is 11.6 Å². The summed E-state index contributed by atoms with van der Waals surface area (Å²) in [5.41, 5.74) is 3.96. The van der Waals surface area contributed by atoms with Gasteiger partial charge in [-0.25, -0.2) is 9.67 Å². The molecule has 0 aliphatic heterocycles. The van der Waals surface area contributed by atoms with Gasteiger partial charge >= 0.3 is 0 Å². The fourth-order valence-corrected chi connectivity index (χ4v) is 3.45. The SMILES string of the molecule is COc1ccc(CNC(=O)c2cc(-c3cncc(C)c3)cnc2-n2cccn2)cc1Cl. The van der Waals surface area contributed by atoms with Gasteiger partial charge in [-0.15, -0.1) is 0 Å². The van der Waals surface area contributed by atoms with E-state index in [4.69, 9.17) is 16.3 Å². The Bertz CT molecular complexity index is 1220. The molecule has 0 bridgehead atoms. The first-order chi connectivity index (χ1) is 15.0. The summed E-state index contributed by atoms with van der Waals surface area (Å²) in [6.45, 7) is 2.27. The lowest BCUT2D eigenvalue weighted by atomic mass is 10.1.